The minimum atomic E-state index is -1.75. The average molecular weight is 283 g/mol. The van der Waals surface area contributed by atoms with Crippen LogP contribution in [0.25, 0.3) is 0 Å². The van der Waals surface area contributed by atoms with Gasteiger partial charge in [-0.05, 0) is 24.6 Å². The Balaban J connectivity index is 3.02. The highest BCUT2D eigenvalue weighted by atomic mass is 16.5. The normalized spacial score (nSPS) is 13.4. The fraction of sp³-hybridized carbons (Fsp3) is 0.385. The van der Waals surface area contributed by atoms with Gasteiger partial charge in [-0.3, -0.25) is 0 Å². The van der Waals surface area contributed by atoms with Crippen molar-refractivity contribution < 1.29 is 29.3 Å². The van der Waals surface area contributed by atoms with E-state index in [0.717, 1.165) is 0 Å². The molecule has 4 N–H and O–H groups in total. The van der Waals surface area contributed by atoms with E-state index in [1.807, 2.05) is 0 Å². The van der Waals surface area contributed by atoms with Crippen molar-refractivity contribution in [2.75, 3.05) is 19.5 Å². The van der Waals surface area contributed by atoms with E-state index in [1.165, 1.54) is 25.3 Å². The largest absolute Gasteiger partial charge is 0.465 e. The van der Waals surface area contributed by atoms with Gasteiger partial charge in [0.1, 0.15) is 6.10 Å². The van der Waals surface area contributed by atoms with Gasteiger partial charge in [-0.1, -0.05) is 6.07 Å². The molecule has 0 aliphatic carbocycles. The number of carbonyl (C=O) groups is 2. The Morgan fingerprint density at radius 2 is 2.00 bits per heavy atom. The summed E-state index contributed by atoms with van der Waals surface area (Å²) in [7, 11) is 1.19. The Labute approximate surface area is 115 Å². The van der Waals surface area contributed by atoms with Crippen molar-refractivity contribution in [2.24, 2.45) is 0 Å². The molecule has 0 amide bonds. The summed E-state index contributed by atoms with van der Waals surface area (Å²) in [5.74, 6) is -1.63. The molecule has 2 atom stereocenters. The van der Waals surface area contributed by atoms with E-state index in [1.54, 1.807) is 6.92 Å². The highest BCUT2D eigenvalue weighted by Gasteiger charge is 2.27. The lowest BCUT2D eigenvalue weighted by molar-refractivity contribution is -0.159. The van der Waals surface area contributed by atoms with Crippen LogP contribution in [0, 0.1) is 0 Å². The number of anilines is 1. The van der Waals surface area contributed by atoms with Crippen LogP contribution in [0.2, 0.25) is 0 Å². The average Bonchev–Trinajstić information content (AvgIpc) is 2.45. The molecule has 7 nitrogen and oxygen atoms in total. The van der Waals surface area contributed by atoms with Gasteiger partial charge in [0.2, 0.25) is 0 Å². The third-order valence-electron chi connectivity index (χ3n) is 2.65. The molecule has 0 aliphatic heterocycles. The first kappa shape index (κ1) is 15.9. The van der Waals surface area contributed by atoms with Gasteiger partial charge in [0.25, 0.3) is 0 Å². The molecular formula is C13H17NO6. The molecule has 1 aromatic rings. The number of carbonyl (C=O) groups excluding carboxylic acids is 2. The minimum Gasteiger partial charge on any atom is -0.465 e. The summed E-state index contributed by atoms with van der Waals surface area (Å²) in [4.78, 5) is 22.8. The second-order valence-electron chi connectivity index (χ2n) is 3.98. The van der Waals surface area contributed by atoms with Crippen molar-refractivity contribution >= 4 is 17.6 Å². The number of aliphatic hydroxyl groups is 2. The van der Waals surface area contributed by atoms with Gasteiger partial charge < -0.3 is 25.4 Å². The molecule has 7 heteroatoms. The van der Waals surface area contributed by atoms with E-state index in [4.69, 9.17) is 5.73 Å². The van der Waals surface area contributed by atoms with E-state index >= 15 is 0 Å². The van der Waals surface area contributed by atoms with Gasteiger partial charge in [-0.2, -0.15) is 0 Å². The van der Waals surface area contributed by atoms with E-state index in [-0.39, 0.29) is 23.4 Å². The fourth-order valence-electron chi connectivity index (χ4n) is 1.58. The van der Waals surface area contributed by atoms with E-state index < -0.39 is 24.1 Å². The van der Waals surface area contributed by atoms with Crippen LogP contribution < -0.4 is 5.73 Å². The maximum atomic E-state index is 11.5. The Morgan fingerprint density at radius 1 is 1.35 bits per heavy atom. The number of rotatable bonds is 5. The van der Waals surface area contributed by atoms with Gasteiger partial charge in [-0.15, -0.1) is 0 Å². The third-order valence-corrected chi connectivity index (χ3v) is 2.65. The number of ether oxygens (including phenoxy) is 2. The summed E-state index contributed by atoms with van der Waals surface area (Å²) in [6, 6.07) is 4.03. The van der Waals surface area contributed by atoms with Crippen LogP contribution in [0.3, 0.4) is 0 Å². The molecule has 1 aromatic carbocycles. The van der Waals surface area contributed by atoms with Gasteiger partial charge in [-0.25, -0.2) is 9.59 Å². The lowest BCUT2D eigenvalue weighted by atomic mass is 10.0. The van der Waals surface area contributed by atoms with Crippen molar-refractivity contribution in [2.45, 2.75) is 19.1 Å². The first-order chi connectivity index (χ1) is 9.42. The molecule has 0 aliphatic rings. The maximum Gasteiger partial charge on any atom is 0.339 e. The predicted molar refractivity (Wildman–Crippen MR) is 69.8 cm³/mol. The van der Waals surface area contributed by atoms with Gasteiger partial charge >= 0.3 is 11.9 Å². The number of nitrogen functional groups attached to an aromatic ring is 1. The van der Waals surface area contributed by atoms with E-state index in [9.17, 15) is 19.8 Å². The summed E-state index contributed by atoms with van der Waals surface area (Å²) < 4.78 is 9.15. The van der Waals surface area contributed by atoms with E-state index in [2.05, 4.69) is 9.47 Å². The monoisotopic (exact) mass is 283 g/mol. The number of esters is 2. The van der Waals surface area contributed by atoms with Crippen molar-refractivity contribution in [3.05, 3.63) is 29.3 Å². The maximum absolute atomic E-state index is 11.5. The zero-order valence-electron chi connectivity index (χ0n) is 11.2. The van der Waals surface area contributed by atoms with Crippen molar-refractivity contribution in [1.29, 1.82) is 0 Å². The van der Waals surface area contributed by atoms with Gasteiger partial charge in [0, 0.05) is 5.69 Å². The van der Waals surface area contributed by atoms with E-state index in [0.29, 0.717) is 0 Å². The van der Waals surface area contributed by atoms with Crippen LogP contribution in [0.15, 0.2) is 18.2 Å². The molecule has 20 heavy (non-hydrogen) atoms. The highest BCUT2D eigenvalue weighted by molar-refractivity contribution is 5.95. The van der Waals surface area contributed by atoms with Crippen LogP contribution in [0.5, 0.6) is 0 Å². The van der Waals surface area contributed by atoms with Gasteiger partial charge in [0.05, 0.1) is 19.3 Å². The summed E-state index contributed by atoms with van der Waals surface area (Å²) in [6.07, 6.45) is -3.28. The molecule has 2 unspecified atom stereocenters. The lowest BCUT2D eigenvalue weighted by Gasteiger charge is -2.17. The second-order valence-corrected chi connectivity index (χ2v) is 3.98. The predicted octanol–water partition coefficient (Wildman–Crippen LogP) is 0.0128. The Hall–Kier alpha value is -2.12. The molecular weight excluding hydrogens is 266 g/mol. The third kappa shape index (κ3) is 3.46. The number of aliphatic hydroxyl groups excluding tert-OH is 2. The molecule has 0 radical (unpaired) electrons. The second kappa shape index (κ2) is 6.88. The summed E-state index contributed by atoms with van der Waals surface area (Å²) in [6.45, 7) is 1.66. The van der Waals surface area contributed by atoms with Crippen molar-refractivity contribution in [3.8, 4) is 0 Å². The Kier molecular flexibility index (Phi) is 5.48. The van der Waals surface area contributed by atoms with Crippen LogP contribution in [0.1, 0.15) is 28.9 Å². The van der Waals surface area contributed by atoms with Crippen molar-refractivity contribution in [3.63, 3.8) is 0 Å². The topological polar surface area (TPSA) is 119 Å². The molecule has 0 bridgehead atoms. The molecule has 0 saturated heterocycles. The smallest absolute Gasteiger partial charge is 0.339 e. The van der Waals surface area contributed by atoms with Crippen LogP contribution in [-0.4, -0.2) is 42.0 Å². The van der Waals surface area contributed by atoms with Crippen molar-refractivity contribution in [1.82, 2.24) is 0 Å². The molecule has 0 heterocycles. The standard InChI is InChI=1S/C13H17NO6/c1-3-20-13(18)11(16)10(15)7-4-5-9(14)8(6-7)12(17)19-2/h4-6,10-11,15-16H,3,14H2,1-2H3. The van der Waals surface area contributed by atoms with Crippen LogP contribution >= 0.6 is 0 Å². The Bertz CT molecular complexity index is 502. The Morgan fingerprint density at radius 3 is 2.55 bits per heavy atom. The molecule has 0 fully saturated rings. The molecule has 110 valence electrons. The molecule has 1 rings (SSSR count). The fourth-order valence-corrected chi connectivity index (χ4v) is 1.58. The molecule has 0 saturated carbocycles. The molecule has 0 aromatic heterocycles. The minimum absolute atomic E-state index is 0.0418. The number of benzene rings is 1. The number of methoxy groups -OCH3 is 1. The first-order valence-corrected chi connectivity index (χ1v) is 5.92. The quantitative estimate of drug-likeness (QED) is 0.514. The van der Waals surface area contributed by atoms with Crippen LogP contribution in [-0.2, 0) is 14.3 Å². The zero-order chi connectivity index (χ0) is 15.3. The van der Waals surface area contributed by atoms with Gasteiger partial charge in [0.15, 0.2) is 6.10 Å². The number of hydrogen-bond donors (Lipinski definition) is 3. The highest BCUT2D eigenvalue weighted by Crippen LogP contribution is 2.23. The van der Waals surface area contributed by atoms with Crippen LogP contribution in [0.4, 0.5) is 5.69 Å². The summed E-state index contributed by atoms with van der Waals surface area (Å²) in [5.41, 5.74) is 5.97. The summed E-state index contributed by atoms with van der Waals surface area (Å²) in [5, 5.41) is 19.6. The SMILES string of the molecule is CCOC(=O)C(O)C(O)c1ccc(N)c(C(=O)OC)c1. The number of hydrogen-bond acceptors (Lipinski definition) is 7. The first-order valence-electron chi connectivity index (χ1n) is 5.92. The zero-order valence-corrected chi connectivity index (χ0v) is 11.2. The molecule has 0 spiro atoms. The lowest BCUT2D eigenvalue weighted by Crippen LogP contribution is -2.30. The summed E-state index contributed by atoms with van der Waals surface area (Å²) >= 11 is 0. The number of nitrogens with two attached hydrogens (primary N) is 1.